The molecule has 0 aromatic rings. The van der Waals surface area contributed by atoms with Gasteiger partial charge >= 0.3 is 0 Å². The van der Waals surface area contributed by atoms with E-state index in [-0.39, 0.29) is 17.9 Å². The molecule has 2 aliphatic rings. The van der Waals surface area contributed by atoms with Crippen LogP contribution in [0.4, 0.5) is 0 Å². The van der Waals surface area contributed by atoms with E-state index in [9.17, 15) is 4.79 Å². The van der Waals surface area contributed by atoms with Gasteiger partial charge in [-0.25, -0.2) is 0 Å². The van der Waals surface area contributed by atoms with Crippen molar-refractivity contribution in [3.05, 3.63) is 0 Å². The van der Waals surface area contributed by atoms with Gasteiger partial charge in [-0.05, 0) is 32.1 Å². The van der Waals surface area contributed by atoms with Crippen LogP contribution in [0.1, 0.15) is 39.0 Å². The fourth-order valence-electron chi connectivity index (χ4n) is 2.77. The van der Waals surface area contributed by atoms with E-state index in [2.05, 4.69) is 21.2 Å². The molecule has 1 aliphatic heterocycles. The number of hydrogen-bond donors (Lipinski definition) is 1. The average Bonchev–Trinajstić information content (AvgIpc) is 2.74. The van der Waals surface area contributed by atoms with Crippen molar-refractivity contribution < 1.29 is 9.53 Å². The Kier molecular flexibility index (Phi) is 4.86. The van der Waals surface area contributed by atoms with E-state index < -0.39 is 0 Å². The highest BCUT2D eigenvalue weighted by Crippen LogP contribution is 2.29. The third-order valence-corrected chi connectivity index (χ3v) is 5.13. The molecular weight excluding hydrogens is 282 g/mol. The second-order valence-electron chi connectivity index (χ2n) is 5.38. The standard InChI is InChI=1S/C13H22BrNO2/c1-9-6-11(8-17-9)13(16)15-7-10-4-2-3-5-12(10)14/h9-12H,2-8H2,1H3,(H,15,16). The summed E-state index contributed by atoms with van der Waals surface area (Å²) in [7, 11) is 0. The quantitative estimate of drug-likeness (QED) is 0.814. The average molecular weight is 304 g/mol. The van der Waals surface area contributed by atoms with Gasteiger partial charge in [0.25, 0.3) is 0 Å². The fraction of sp³-hybridized carbons (Fsp3) is 0.923. The Morgan fingerprint density at radius 2 is 2.18 bits per heavy atom. The lowest BCUT2D eigenvalue weighted by Gasteiger charge is -2.27. The minimum atomic E-state index is 0.0716. The third kappa shape index (κ3) is 3.68. The number of hydrogen-bond acceptors (Lipinski definition) is 2. The van der Waals surface area contributed by atoms with Crippen molar-refractivity contribution in [2.45, 2.75) is 50.0 Å². The minimum Gasteiger partial charge on any atom is -0.378 e. The van der Waals surface area contributed by atoms with Gasteiger partial charge in [0.2, 0.25) is 5.91 Å². The van der Waals surface area contributed by atoms with E-state index in [0.29, 0.717) is 17.4 Å². The Hall–Kier alpha value is -0.0900. The van der Waals surface area contributed by atoms with Gasteiger partial charge in [0.1, 0.15) is 0 Å². The number of amides is 1. The molecule has 2 rings (SSSR count). The molecule has 1 aliphatic carbocycles. The topological polar surface area (TPSA) is 38.3 Å². The molecule has 1 N–H and O–H groups in total. The van der Waals surface area contributed by atoms with Crippen LogP contribution in [-0.2, 0) is 9.53 Å². The highest BCUT2D eigenvalue weighted by atomic mass is 79.9. The number of ether oxygens (including phenoxy) is 1. The van der Waals surface area contributed by atoms with Crippen molar-refractivity contribution in [3.63, 3.8) is 0 Å². The lowest BCUT2D eigenvalue weighted by molar-refractivity contribution is -0.125. The predicted molar refractivity (Wildman–Crippen MR) is 71.2 cm³/mol. The van der Waals surface area contributed by atoms with Crippen molar-refractivity contribution in [2.75, 3.05) is 13.2 Å². The molecule has 0 radical (unpaired) electrons. The van der Waals surface area contributed by atoms with Gasteiger partial charge in [0.15, 0.2) is 0 Å². The summed E-state index contributed by atoms with van der Waals surface area (Å²) < 4.78 is 5.43. The first-order valence-corrected chi connectivity index (χ1v) is 7.61. The first kappa shape index (κ1) is 13.3. The van der Waals surface area contributed by atoms with Gasteiger partial charge < -0.3 is 10.1 Å². The maximum Gasteiger partial charge on any atom is 0.225 e. The van der Waals surface area contributed by atoms with Crippen molar-refractivity contribution in [1.82, 2.24) is 5.32 Å². The number of carbonyl (C=O) groups excluding carboxylic acids is 1. The van der Waals surface area contributed by atoms with Gasteiger partial charge in [0.05, 0.1) is 18.6 Å². The van der Waals surface area contributed by atoms with Gasteiger partial charge in [-0.1, -0.05) is 28.8 Å². The first-order valence-electron chi connectivity index (χ1n) is 6.70. The highest BCUT2D eigenvalue weighted by Gasteiger charge is 2.29. The third-order valence-electron chi connectivity index (χ3n) is 3.92. The summed E-state index contributed by atoms with van der Waals surface area (Å²) in [6, 6.07) is 0. The summed E-state index contributed by atoms with van der Waals surface area (Å²) in [5.74, 6) is 0.856. The number of nitrogens with one attached hydrogen (secondary N) is 1. The van der Waals surface area contributed by atoms with E-state index in [0.717, 1.165) is 13.0 Å². The molecule has 0 bridgehead atoms. The molecule has 98 valence electrons. The number of alkyl halides is 1. The van der Waals surface area contributed by atoms with Crippen LogP contribution < -0.4 is 5.32 Å². The van der Waals surface area contributed by atoms with Crippen molar-refractivity contribution in [1.29, 1.82) is 0 Å². The molecule has 2 fully saturated rings. The molecule has 0 aromatic heterocycles. The van der Waals surface area contributed by atoms with E-state index in [4.69, 9.17) is 4.74 Å². The second-order valence-corrected chi connectivity index (χ2v) is 6.56. The molecule has 4 heteroatoms. The zero-order chi connectivity index (χ0) is 12.3. The molecular formula is C13H22BrNO2. The van der Waals surface area contributed by atoms with Crippen LogP contribution in [0.25, 0.3) is 0 Å². The van der Waals surface area contributed by atoms with E-state index >= 15 is 0 Å². The molecule has 0 aromatic carbocycles. The van der Waals surface area contributed by atoms with Crippen molar-refractivity contribution in [3.8, 4) is 0 Å². The Morgan fingerprint density at radius 1 is 1.41 bits per heavy atom. The lowest BCUT2D eigenvalue weighted by Crippen LogP contribution is -2.38. The first-order chi connectivity index (χ1) is 8.16. The number of halogens is 1. The minimum absolute atomic E-state index is 0.0716. The van der Waals surface area contributed by atoms with Gasteiger partial charge in [-0.15, -0.1) is 0 Å². The van der Waals surface area contributed by atoms with Crippen LogP contribution in [0.15, 0.2) is 0 Å². The van der Waals surface area contributed by atoms with Crippen LogP contribution in [0.3, 0.4) is 0 Å². The van der Waals surface area contributed by atoms with Gasteiger partial charge in [-0.3, -0.25) is 4.79 Å². The zero-order valence-corrected chi connectivity index (χ0v) is 12.0. The van der Waals surface area contributed by atoms with Gasteiger partial charge in [-0.2, -0.15) is 0 Å². The van der Waals surface area contributed by atoms with E-state index in [1.165, 1.54) is 25.7 Å². The largest absolute Gasteiger partial charge is 0.378 e. The highest BCUT2D eigenvalue weighted by molar-refractivity contribution is 9.09. The second kappa shape index (κ2) is 6.19. The number of rotatable bonds is 3. The van der Waals surface area contributed by atoms with E-state index in [1.54, 1.807) is 0 Å². The molecule has 1 heterocycles. The fourth-order valence-corrected chi connectivity index (χ4v) is 3.54. The molecule has 1 amide bonds. The predicted octanol–water partition coefficient (Wildman–Crippen LogP) is 2.48. The SMILES string of the molecule is CC1CC(C(=O)NCC2CCCCC2Br)CO1. The normalized spacial score (nSPS) is 38.0. The maximum atomic E-state index is 11.9. The Morgan fingerprint density at radius 3 is 2.82 bits per heavy atom. The summed E-state index contributed by atoms with van der Waals surface area (Å²) in [6.45, 7) is 3.44. The van der Waals surface area contributed by atoms with Gasteiger partial charge in [0, 0.05) is 11.4 Å². The molecule has 1 saturated heterocycles. The molecule has 4 unspecified atom stereocenters. The lowest BCUT2D eigenvalue weighted by atomic mass is 9.89. The summed E-state index contributed by atoms with van der Waals surface area (Å²) in [5, 5.41) is 3.10. The molecule has 0 spiro atoms. The summed E-state index contributed by atoms with van der Waals surface area (Å²) >= 11 is 3.72. The summed E-state index contributed by atoms with van der Waals surface area (Å²) in [5.41, 5.74) is 0. The van der Waals surface area contributed by atoms with Crippen molar-refractivity contribution in [2.24, 2.45) is 11.8 Å². The summed E-state index contributed by atoms with van der Waals surface area (Å²) in [6.07, 6.45) is 6.19. The Labute approximate surface area is 112 Å². The monoisotopic (exact) mass is 303 g/mol. The van der Waals surface area contributed by atoms with Crippen LogP contribution in [0.2, 0.25) is 0 Å². The number of carbonyl (C=O) groups is 1. The molecule has 17 heavy (non-hydrogen) atoms. The molecule has 4 atom stereocenters. The van der Waals surface area contributed by atoms with Crippen LogP contribution in [0, 0.1) is 11.8 Å². The zero-order valence-electron chi connectivity index (χ0n) is 10.5. The van der Waals surface area contributed by atoms with Crippen LogP contribution in [-0.4, -0.2) is 30.0 Å². The Bertz CT molecular complexity index is 272. The van der Waals surface area contributed by atoms with Crippen LogP contribution >= 0.6 is 15.9 Å². The molecule has 3 nitrogen and oxygen atoms in total. The maximum absolute atomic E-state index is 11.9. The van der Waals surface area contributed by atoms with Crippen LogP contribution in [0.5, 0.6) is 0 Å². The Balaban J connectivity index is 1.72. The smallest absolute Gasteiger partial charge is 0.225 e. The van der Waals surface area contributed by atoms with Crippen molar-refractivity contribution >= 4 is 21.8 Å². The molecule has 1 saturated carbocycles. The van der Waals surface area contributed by atoms with E-state index in [1.807, 2.05) is 6.92 Å². The summed E-state index contributed by atoms with van der Waals surface area (Å²) in [4.78, 5) is 12.5.